The largest absolute Gasteiger partial charge is 0.490 e. The minimum absolute atomic E-state index is 0.0184. The minimum Gasteiger partial charge on any atom is -0.490 e. The van der Waals surface area contributed by atoms with Crippen molar-refractivity contribution in [2.75, 3.05) is 17.2 Å². The topological polar surface area (TPSA) is 42.5 Å². The highest BCUT2D eigenvalue weighted by Crippen LogP contribution is 2.31. The van der Waals surface area contributed by atoms with Gasteiger partial charge in [-0.1, -0.05) is 18.2 Å². The average Bonchev–Trinajstić information content (AvgIpc) is 2.52. The molecule has 4 nitrogen and oxygen atoms in total. The van der Waals surface area contributed by atoms with Gasteiger partial charge in [-0.05, 0) is 49.8 Å². The smallest absolute Gasteiger partial charge is 0.387 e. The molecule has 0 aliphatic heterocycles. The summed E-state index contributed by atoms with van der Waals surface area (Å²) in [6, 6.07) is 12.3. The zero-order chi connectivity index (χ0) is 17.5. The Morgan fingerprint density at radius 3 is 2.54 bits per heavy atom. The van der Waals surface area contributed by atoms with Crippen LogP contribution in [0.2, 0.25) is 0 Å². The van der Waals surface area contributed by atoms with E-state index in [1.165, 1.54) is 6.07 Å². The Kier molecular flexibility index (Phi) is 6.31. The van der Waals surface area contributed by atoms with Gasteiger partial charge >= 0.3 is 6.61 Å². The van der Waals surface area contributed by atoms with Crippen molar-refractivity contribution < 1.29 is 18.3 Å². The first kappa shape index (κ1) is 17.9. The molecular formula is C17H18F2N2O2S. The third kappa shape index (κ3) is 5.06. The van der Waals surface area contributed by atoms with Gasteiger partial charge in [-0.15, -0.1) is 0 Å². The van der Waals surface area contributed by atoms with Crippen molar-refractivity contribution in [3.05, 3.63) is 48.0 Å². The molecule has 0 saturated heterocycles. The normalized spacial score (nSPS) is 10.4. The van der Waals surface area contributed by atoms with Gasteiger partial charge in [-0.2, -0.15) is 8.78 Å². The Morgan fingerprint density at radius 1 is 1.12 bits per heavy atom. The van der Waals surface area contributed by atoms with Gasteiger partial charge in [-0.3, -0.25) is 0 Å². The van der Waals surface area contributed by atoms with Crippen molar-refractivity contribution in [1.29, 1.82) is 0 Å². The third-order valence-electron chi connectivity index (χ3n) is 3.11. The first-order chi connectivity index (χ1) is 11.5. The van der Waals surface area contributed by atoms with E-state index < -0.39 is 6.61 Å². The van der Waals surface area contributed by atoms with E-state index in [0.29, 0.717) is 17.4 Å². The van der Waals surface area contributed by atoms with E-state index in [9.17, 15) is 8.78 Å². The molecule has 0 aliphatic carbocycles. The van der Waals surface area contributed by atoms with Crippen molar-refractivity contribution in [2.24, 2.45) is 0 Å². The number of rotatable bonds is 6. The number of ether oxygens (including phenoxy) is 2. The Hall–Kier alpha value is -2.41. The molecular weight excluding hydrogens is 334 g/mol. The molecule has 0 spiro atoms. The number of nitrogens with one attached hydrogen (secondary N) is 2. The molecule has 2 rings (SSSR count). The maximum atomic E-state index is 12.4. The van der Waals surface area contributed by atoms with E-state index in [2.05, 4.69) is 15.4 Å². The van der Waals surface area contributed by atoms with Crippen molar-refractivity contribution in [1.82, 2.24) is 0 Å². The van der Waals surface area contributed by atoms with Crippen LogP contribution < -0.4 is 20.1 Å². The van der Waals surface area contributed by atoms with Crippen molar-refractivity contribution in [3.8, 4) is 11.5 Å². The van der Waals surface area contributed by atoms with Crippen LogP contribution in [-0.2, 0) is 0 Å². The van der Waals surface area contributed by atoms with Crippen LogP contribution in [0.3, 0.4) is 0 Å². The van der Waals surface area contributed by atoms with Gasteiger partial charge < -0.3 is 20.1 Å². The maximum absolute atomic E-state index is 12.4. The molecule has 0 atom stereocenters. The fourth-order valence-electron chi connectivity index (χ4n) is 2.05. The van der Waals surface area contributed by atoms with Crippen LogP contribution in [0, 0.1) is 6.92 Å². The standard InChI is InChI=1S/C17H18F2N2O2S/c1-3-22-15-10-12(8-9-14(15)23-16(18)19)20-17(24)21-13-7-5-4-6-11(13)2/h4-10,16H,3H2,1-2H3,(H2,20,21,24). The van der Waals surface area contributed by atoms with Gasteiger partial charge in [0.1, 0.15) is 0 Å². The van der Waals surface area contributed by atoms with E-state index in [0.717, 1.165) is 11.3 Å². The molecule has 128 valence electrons. The van der Waals surface area contributed by atoms with Crippen molar-refractivity contribution >= 4 is 28.7 Å². The third-order valence-corrected chi connectivity index (χ3v) is 3.31. The molecule has 7 heteroatoms. The number of hydrogen-bond acceptors (Lipinski definition) is 3. The highest BCUT2D eigenvalue weighted by Gasteiger charge is 2.12. The SMILES string of the molecule is CCOc1cc(NC(=S)Nc2ccccc2C)ccc1OC(F)F. The number of aryl methyl sites for hydroxylation is 1. The molecule has 2 aromatic carbocycles. The number of thiocarbonyl (C=S) groups is 1. The van der Waals surface area contributed by atoms with Crippen molar-refractivity contribution in [2.45, 2.75) is 20.5 Å². The van der Waals surface area contributed by atoms with Gasteiger partial charge in [0.15, 0.2) is 16.6 Å². The second-order valence-electron chi connectivity index (χ2n) is 4.87. The fraction of sp³-hybridized carbons (Fsp3) is 0.235. The predicted molar refractivity (Wildman–Crippen MR) is 95.3 cm³/mol. The molecule has 0 fully saturated rings. The summed E-state index contributed by atoms with van der Waals surface area (Å²) in [5, 5.41) is 6.46. The van der Waals surface area contributed by atoms with E-state index in [1.54, 1.807) is 19.1 Å². The van der Waals surface area contributed by atoms with Crippen LogP contribution in [0.4, 0.5) is 20.2 Å². The second-order valence-corrected chi connectivity index (χ2v) is 5.28. The number of benzene rings is 2. The van der Waals surface area contributed by atoms with Crippen LogP contribution in [-0.4, -0.2) is 18.3 Å². The maximum Gasteiger partial charge on any atom is 0.387 e. The van der Waals surface area contributed by atoms with Gasteiger partial charge in [-0.25, -0.2) is 0 Å². The lowest BCUT2D eigenvalue weighted by atomic mass is 10.2. The summed E-state index contributed by atoms with van der Waals surface area (Å²) < 4.78 is 34.6. The molecule has 0 aromatic heterocycles. The lowest BCUT2D eigenvalue weighted by Crippen LogP contribution is -2.19. The van der Waals surface area contributed by atoms with Gasteiger partial charge in [0.2, 0.25) is 0 Å². The first-order valence-electron chi connectivity index (χ1n) is 7.35. The van der Waals surface area contributed by atoms with Gasteiger partial charge in [0, 0.05) is 17.4 Å². The Balaban J connectivity index is 2.10. The summed E-state index contributed by atoms with van der Waals surface area (Å²) >= 11 is 5.27. The predicted octanol–water partition coefficient (Wildman–Crippen LogP) is 4.80. The molecule has 0 radical (unpaired) electrons. The van der Waals surface area contributed by atoms with E-state index in [1.807, 2.05) is 31.2 Å². The Labute approximate surface area is 144 Å². The Morgan fingerprint density at radius 2 is 1.88 bits per heavy atom. The number of halogens is 2. The molecule has 0 unspecified atom stereocenters. The molecule has 0 bridgehead atoms. The first-order valence-corrected chi connectivity index (χ1v) is 7.75. The molecule has 24 heavy (non-hydrogen) atoms. The lowest BCUT2D eigenvalue weighted by molar-refractivity contribution is -0.0514. The summed E-state index contributed by atoms with van der Waals surface area (Å²) in [4.78, 5) is 0. The zero-order valence-corrected chi connectivity index (χ0v) is 14.1. The summed E-state index contributed by atoms with van der Waals surface area (Å²) in [7, 11) is 0. The van der Waals surface area contributed by atoms with Crippen LogP contribution in [0.1, 0.15) is 12.5 Å². The lowest BCUT2D eigenvalue weighted by Gasteiger charge is -2.15. The number of alkyl halides is 2. The number of para-hydroxylation sites is 1. The number of anilines is 2. The molecule has 0 saturated carbocycles. The quantitative estimate of drug-likeness (QED) is 0.731. The summed E-state index contributed by atoms with van der Waals surface area (Å²) in [5.74, 6) is 0.205. The average molecular weight is 352 g/mol. The fourth-order valence-corrected chi connectivity index (χ4v) is 2.27. The summed E-state index contributed by atoms with van der Waals surface area (Å²) in [6.07, 6.45) is 0. The van der Waals surface area contributed by atoms with Crippen LogP contribution in [0.25, 0.3) is 0 Å². The molecule has 0 amide bonds. The zero-order valence-electron chi connectivity index (χ0n) is 13.3. The van der Waals surface area contributed by atoms with Gasteiger partial charge in [0.25, 0.3) is 0 Å². The highest BCUT2D eigenvalue weighted by atomic mass is 32.1. The Bertz CT molecular complexity index is 711. The van der Waals surface area contributed by atoms with Crippen LogP contribution in [0.15, 0.2) is 42.5 Å². The van der Waals surface area contributed by atoms with Crippen LogP contribution in [0.5, 0.6) is 11.5 Å². The minimum atomic E-state index is -2.91. The highest BCUT2D eigenvalue weighted by molar-refractivity contribution is 7.80. The van der Waals surface area contributed by atoms with E-state index >= 15 is 0 Å². The summed E-state index contributed by atoms with van der Waals surface area (Å²) in [6.45, 7) is 1.15. The monoisotopic (exact) mass is 352 g/mol. The molecule has 2 aromatic rings. The van der Waals surface area contributed by atoms with Crippen LogP contribution >= 0.6 is 12.2 Å². The van der Waals surface area contributed by atoms with Crippen molar-refractivity contribution in [3.63, 3.8) is 0 Å². The van der Waals surface area contributed by atoms with E-state index in [-0.39, 0.29) is 11.5 Å². The molecule has 2 N–H and O–H groups in total. The van der Waals surface area contributed by atoms with Gasteiger partial charge in [0.05, 0.1) is 6.61 Å². The molecule has 0 heterocycles. The number of hydrogen-bond donors (Lipinski definition) is 2. The van der Waals surface area contributed by atoms with E-state index in [4.69, 9.17) is 17.0 Å². The second kappa shape index (κ2) is 8.44. The molecule has 0 aliphatic rings. The summed E-state index contributed by atoms with van der Waals surface area (Å²) in [5.41, 5.74) is 2.54.